The van der Waals surface area contributed by atoms with Crippen LogP contribution < -0.4 is 0 Å². The van der Waals surface area contributed by atoms with E-state index >= 15 is 0 Å². The van der Waals surface area contributed by atoms with Crippen LogP contribution in [-0.2, 0) is 19.2 Å². The van der Waals surface area contributed by atoms with Crippen LogP contribution in [0.3, 0.4) is 0 Å². The zero-order chi connectivity index (χ0) is 16.0. The molecule has 0 aliphatic heterocycles. The van der Waals surface area contributed by atoms with Gasteiger partial charge in [0, 0.05) is 0 Å². The van der Waals surface area contributed by atoms with E-state index < -0.39 is 0 Å². The van der Waals surface area contributed by atoms with Gasteiger partial charge in [0.25, 0.3) is 0 Å². The van der Waals surface area contributed by atoms with Crippen molar-refractivity contribution in [2.24, 2.45) is 11.8 Å². The minimum absolute atomic E-state index is 0. The van der Waals surface area contributed by atoms with E-state index in [0.29, 0.717) is 6.54 Å². The molecule has 0 saturated heterocycles. The number of unbranched alkanes of at least 4 members (excludes halogenated alkanes) is 7. The maximum atomic E-state index is 7.11. The Bertz CT molecular complexity index is 351. The van der Waals surface area contributed by atoms with Crippen LogP contribution in [0.2, 0.25) is 0 Å². The fraction of sp³-hybridized carbons (Fsp3) is 0.714. The molecule has 156 valence electrons. The maximum absolute atomic E-state index is 7.11. The first kappa shape index (κ1) is 34.5. The van der Waals surface area contributed by atoms with E-state index in [1.807, 2.05) is 26.8 Å². The Morgan fingerprint density at radius 1 is 0.885 bits per heavy atom. The number of hydrogen-bond donors (Lipinski definition) is 0. The summed E-state index contributed by atoms with van der Waals surface area (Å²) in [7, 11) is 1.86. The van der Waals surface area contributed by atoms with Crippen molar-refractivity contribution in [1.82, 2.24) is 0 Å². The van der Waals surface area contributed by atoms with Gasteiger partial charge in [0.2, 0.25) is 0 Å². The van der Waals surface area contributed by atoms with Gasteiger partial charge in [0.05, 0.1) is 0 Å². The van der Waals surface area contributed by atoms with Gasteiger partial charge in [-0.3, -0.25) is 0 Å². The van der Waals surface area contributed by atoms with E-state index in [-0.39, 0.29) is 39.7 Å². The Morgan fingerprint density at radius 2 is 1.42 bits per heavy atom. The van der Waals surface area contributed by atoms with Gasteiger partial charge in [-0.05, 0) is 37.5 Å². The average Bonchev–Trinajstić information content (AvgIpc) is 2.98. The molecule has 0 amide bonds. The predicted molar refractivity (Wildman–Crippen MR) is 125 cm³/mol. The van der Waals surface area contributed by atoms with Crippen molar-refractivity contribution in [2.75, 3.05) is 6.54 Å². The molecule has 0 radical (unpaired) electrons. The van der Waals surface area contributed by atoms with Gasteiger partial charge in [-0.2, -0.15) is 6.54 Å². The number of fused-ring (bicyclic) bond motifs is 1. The fourth-order valence-corrected chi connectivity index (χ4v) is 3.90. The molecule has 1 fully saturated rings. The van der Waals surface area contributed by atoms with Crippen LogP contribution in [0.25, 0.3) is 5.73 Å². The van der Waals surface area contributed by atoms with Crippen LogP contribution in [0.4, 0.5) is 0 Å². The summed E-state index contributed by atoms with van der Waals surface area (Å²) >= 11 is 2.03. The molecule has 0 aromatic heterocycles. The van der Waals surface area contributed by atoms with Gasteiger partial charge in [0.15, 0.2) is 0 Å². The van der Waals surface area contributed by atoms with Crippen molar-refractivity contribution in [3.63, 3.8) is 0 Å². The van der Waals surface area contributed by atoms with Crippen LogP contribution in [0, 0.1) is 26.7 Å². The first-order valence-corrected chi connectivity index (χ1v) is 13.3. The Labute approximate surface area is 190 Å². The molecular formula is C21H42Cl2NSiTi-3. The molecule has 0 heterocycles. The number of nitrogens with one attached hydrogen (secondary N) is 1. The third kappa shape index (κ3) is 14.0. The molecule has 5 heteroatoms. The van der Waals surface area contributed by atoms with Crippen molar-refractivity contribution in [3.05, 3.63) is 44.4 Å². The molecule has 0 bridgehead atoms. The molecule has 2 aliphatic carbocycles. The van der Waals surface area contributed by atoms with E-state index in [9.17, 15) is 0 Å². The molecule has 1 nitrogen and oxygen atoms in total. The third-order valence-corrected chi connectivity index (χ3v) is 5.13. The van der Waals surface area contributed by atoms with Crippen molar-refractivity contribution in [1.29, 1.82) is 0 Å². The Hall–Kier alpha value is 0.951. The van der Waals surface area contributed by atoms with Crippen LogP contribution in [0.5, 0.6) is 0 Å². The summed E-state index contributed by atoms with van der Waals surface area (Å²) in [6, 6.07) is 0. The second kappa shape index (κ2) is 24.0. The van der Waals surface area contributed by atoms with Crippen molar-refractivity contribution < 1.29 is 19.2 Å². The molecule has 0 spiro atoms. The topological polar surface area (TPSA) is 23.8 Å². The zero-order valence-electron chi connectivity index (χ0n) is 17.1. The van der Waals surface area contributed by atoms with Gasteiger partial charge in [0.1, 0.15) is 0 Å². The molecular weight excluding hydrogens is 413 g/mol. The minimum atomic E-state index is 0. The summed E-state index contributed by atoms with van der Waals surface area (Å²) in [4.78, 5) is 0. The predicted octanol–water partition coefficient (Wildman–Crippen LogP) is 7.29. The molecule has 2 aliphatic rings. The van der Waals surface area contributed by atoms with Crippen LogP contribution in [0.15, 0.2) is 23.8 Å². The SMILES string of the molecule is Cl.Cl.[CH3-].[CH3-].[NH-]CCCCCCCCCCC1CCC2CC=CC=C21.[SiH2]=[Ti]. The first-order chi connectivity index (χ1) is 10.9. The summed E-state index contributed by atoms with van der Waals surface area (Å²) in [5.41, 5.74) is 8.89. The number of allylic oxidation sites excluding steroid dienone is 4. The fourth-order valence-electron chi connectivity index (χ4n) is 3.90. The van der Waals surface area contributed by atoms with Gasteiger partial charge in [-0.25, -0.2) is 0 Å². The molecule has 2 unspecified atom stereocenters. The Morgan fingerprint density at radius 3 is 2.00 bits per heavy atom. The quantitative estimate of drug-likeness (QED) is 0.188. The molecule has 26 heavy (non-hydrogen) atoms. The average molecular weight is 455 g/mol. The van der Waals surface area contributed by atoms with E-state index in [1.165, 1.54) is 70.6 Å². The molecule has 0 aromatic carbocycles. The molecule has 2 rings (SSSR count). The summed E-state index contributed by atoms with van der Waals surface area (Å²) in [5.74, 6) is 1.82. The summed E-state index contributed by atoms with van der Waals surface area (Å²) in [6.07, 6.45) is 23.5. The summed E-state index contributed by atoms with van der Waals surface area (Å²) in [5, 5.41) is 0. The summed E-state index contributed by atoms with van der Waals surface area (Å²) in [6.45, 7) is 0.618. The monoisotopic (exact) mass is 454 g/mol. The number of hydrogen-bond acceptors (Lipinski definition) is 0. The standard InChI is InChI=1S/C19H32N.2CH3.2ClH.H2Si.Ti/c20-16-10-6-4-2-1-3-5-7-11-17-14-15-18-12-8-9-13-19(17)18;;;;;;/h8-9,13,17-18,20H,1-7,10-12,14-16H2;2*1H3;2*1H;1H2;/q3*-1;;;;. The summed E-state index contributed by atoms with van der Waals surface area (Å²) < 4.78 is 0. The van der Waals surface area contributed by atoms with Crippen LogP contribution in [0.1, 0.15) is 77.0 Å². The van der Waals surface area contributed by atoms with Crippen molar-refractivity contribution >= 4 is 32.4 Å². The second-order valence-electron chi connectivity index (χ2n) is 6.67. The van der Waals surface area contributed by atoms with E-state index in [0.717, 1.165) is 18.3 Å². The molecule has 1 N–H and O–H groups in total. The zero-order valence-corrected chi connectivity index (χ0v) is 21.7. The van der Waals surface area contributed by atoms with Crippen molar-refractivity contribution in [3.8, 4) is 0 Å². The third-order valence-electron chi connectivity index (χ3n) is 5.13. The Balaban J connectivity index is -0.000000390. The second-order valence-corrected chi connectivity index (χ2v) is 6.67. The molecule has 1 saturated carbocycles. The van der Waals surface area contributed by atoms with Gasteiger partial charge < -0.3 is 20.6 Å². The number of rotatable bonds is 10. The van der Waals surface area contributed by atoms with Gasteiger partial charge in [-0.15, -0.1) is 24.8 Å². The normalized spacial score (nSPS) is 19.2. The Kier molecular flexibility index (Phi) is 31.8. The first-order valence-electron chi connectivity index (χ1n) is 9.28. The molecule has 0 aromatic rings. The van der Waals surface area contributed by atoms with E-state index in [2.05, 4.69) is 18.2 Å². The van der Waals surface area contributed by atoms with Gasteiger partial charge in [-0.1, -0.05) is 75.2 Å². The van der Waals surface area contributed by atoms with E-state index in [4.69, 9.17) is 5.73 Å². The van der Waals surface area contributed by atoms with Gasteiger partial charge >= 0.3 is 26.8 Å². The number of halogens is 2. The molecule has 2 atom stereocenters. The van der Waals surface area contributed by atoms with Crippen molar-refractivity contribution in [2.45, 2.75) is 77.0 Å². The van der Waals surface area contributed by atoms with Crippen LogP contribution >= 0.6 is 24.8 Å². The van der Waals surface area contributed by atoms with E-state index in [1.54, 1.807) is 5.57 Å². The van der Waals surface area contributed by atoms with Crippen LogP contribution in [-0.4, -0.2) is 14.2 Å².